The Morgan fingerprint density at radius 2 is 2.05 bits per heavy atom. The molecule has 1 fully saturated rings. The van der Waals surface area contributed by atoms with Crippen LogP contribution >= 0.6 is 11.6 Å². The van der Waals surface area contributed by atoms with Gasteiger partial charge in [0.1, 0.15) is 0 Å². The Balaban J connectivity index is 2.02. The fourth-order valence-electron chi connectivity index (χ4n) is 2.56. The summed E-state index contributed by atoms with van der Waals surface area (Å²) in [6.07, 6.45) is 2.74. The van der Waals surface area contributed by atoms with Crippen LogP contribution < -0.4 is 11.1 Å². The van der Waals surface area contributed by atoms with Crippen LogP contribution in [0.1, 0.15) is 36.0 Å². The molecule has 0 heterocycles. The maximum atomic E-state index is 12.1. The highest BCUT2D eigenvalue weighted by atomic mass is 35.5. The molecule has 1 aliphatic rings. The molecule has 0 radical (unpaired) electrons. The third kappa shape index (κ3) is 3.63. The van der Waals surface area contributed by atoms with E-state index < -0.39 is 5.97 Å². The van der Waals surface area contributed by atoms with Gasteiger partial charge in [-0.05, 0) is 37.5 Å². The van der Waals surface area contributed by atoms with Crippen molar-refractivity contribution in [2.75, 3.05) is 5.73 Å². The molecular weight excluding hydrogens is 280 g/mol. The fourth-order valence-corrected chi connectivity index (χ4v) is 2.80. The Bertz CT molecular complexity index is 513. The largest absolute Gasteiger partial charge is 0.481 e. The number of nitrogens with one attached hydrogen (secondary N) is 1. The number of hydrogen-bond donors (Lipinski definition) is 3. The Morgan fingerprint density at radius 1 is 1.30 bits per heavy atom. The number of anilines is 1. The lowest BCUT2D eigenvalue weighted by molar-refractivity contribution is -0.143. The summed E-state index contributed by atoms with van der Waals surface area (Å²) in [5, 5.41) is 12.3. The van der Waals surface area contributed by atoms with E-state index >= 15 is 0 Å². The molecule has 108 valence electrons. The van der Waals surface area contributed by atoms with Crippen molar-refractivity contribution in [2.24, 2.45) is 5.92 Å². The van der Waals surface area contributed by atoms with Crippen molar-refractivity contribution in [1.82, 2.24) is 5.32 Å². The third-order valence-corrected chi connectivity index (χ3v) is 3.76. The molecule has 1 aromatic carbocycles. The SMILES string of the molecule is Nc1cc(Cl)cc(C(=O)NC2CCCC(C(=O)O)C2)c1. The maximum absolute atomic E-state index is 12.1. The highest BCUT2D eigenvalue weighted by molar-refractivity contribution is 6.31. The number of rotatable bonds is 3. The number of carboxylic acid groups (broad SMARTS) is 1. The van der Waals surface area contributed by atoms with Crippen LogP contribution in [-0.4, -0.2) is 23.0 Å². The Kier molecular flexibility index (Phi) is 4.49. The van der Waals surface area contributed by atoms with Gasteiger partial charge in [0.25, 0.3) is 5.91 Å². The molecule has 1 aliphatic carbocycles. The van der Waals surface area contributed by atoms with Gasteiger partial charge in [-0.15, -0.1) is 0 Å². The minimum atomic E-state index is -0.795. The van der Waals surface area contributed by atoms with Gasteiger partial charge >= 0.3 is 5.97 Å². The molecule has 0 aliphatic heterocycles. The molecule has 0 bridgehead atoms. The van der Waals surface area contributed by atoms with Crippen LogP contribution in [0.3, 0.4) is 0 Å². The predicted molar refractivity (Wildman–Crippen MR) is 76.7 cm³/mol. The minimum absolute atomic E-state index is 0.113. The third-order valence-electron chi connectivity index (χ3n) is 3.54. The summed E-state index contributed by atoms with van der Waals surface area (Å²) < 4.78 is 0. The highest BCUT2D eigenvalue weighted by Crippen LogP contribution is 2.25. The van der Waals surface area contributed by atoms with Crippen molar-refractivity contribution in [3.8, 4) is 0 Å². The Hall–Kier alpha value is -1.75. The lowest BCUT2D eigenvalue weighted by Gasteiger charge is -2.27. The molecule has 6 heteroatoms. The molecule has 0 spiro atoms. The average molecular weight is 297 g/mol. The van der Waals surface area contributed by atoms with Crippen LogP contribution in [0, 0.1) is 5.92 Å². The minimum Gasteiger partial charge on any atom is -0.481 e. The number of amides is 1. The van der Waals surface area contributed by atoms with E-state index in [9.17, 15) is 9.59 Å². The molecule has 20 heavy (non-hydrogen) atoms. The van der Waals surface area contributed by atoms with Crippen LogP contribution in [0.4, 0.5) is 5.69 Å². The van der Waals surface area contributed by atoms with Crippen molar-refractivity contribution >= 4 is 29.2 Å². The number of aliphatic carboxylic acids is 1. The van der Waals surface area contributed by atoms with Gasteiger partial charge < -0.3 is 16.2 Å². The van der Waals surface area contributed by atoms with E-state index in [4.69, 9.17) is 22.4 Å². The van der Waals surface area contributed by atoms with E-state index in [0.717, 1.165) is 12.8 Å². The first kappa shape index (κ1) is 14.7. The summed E-state index contributed by atoms with van der Waals surface area (Å²) in [6.45, 7) is 0. The zero-order chi connectivity index (χ0) is 14.7. The molecule has 0 aromatic heterocycles. The quantitative estimate of drug-likeness (QED) is 0.746. The summed E-state index contributed by atoms with van der Waals surface area (Å²) in [5.41, 5.74) is 6.47. The predicted octanol–water partition coefficient (Wildman–Crippen LogP) is 2.30. The first-order valence-electron chi connectivity index (χ1n) is 6.55. The zero-order valence-electron chi connectivity index (χ0n) is 10.9. The number of nitrogen functional groups attached to an aromatic ring is 1. The van der Waals surface area contributed by atoms with Crippen molar-refractivity contribution in [3.05, 3.63) is 28.8 Å². The summed E-state index contributed by atoms with van der Waals surface area (Å²) in [7, 11) is 0. The molecule has 2 atom stereocenters. The van der Waals surface area contributed by atoms with Crippen LogP contribution in [0.25, 0.3) is 0 Å². The first-order chi connectivity index (χ1) is 9.45. The van der Waals surface area contributed by atoms with E-state index in [1.54, 1.807) is 18.2 Å². The van der Waals surface area contributed by atoms with E-state index in [-0.39, 0.29) is 17.9 Å². The van der Waals surface area contributed by atoms with Crippen LogP contribution in [0.15, 0.2) is 18.2 Å². The second-order valence-electron chi connectivity index (χ2n) is 5.15. The van der Waals surface area contributed by atoms with E-state index in [0.29, 0.717) is 29.1 Å². The molecule has 0 saturated heterocycles. The van der Waals surface area contributed by atoms with Crippen LogP contribution in [0.2, 0.25) is 5.02 Å². The van der Waals surface area contributed by atoms with Gasteiger partial charge in [0, 0.05) is 22.3 Å². The van der Waals surface area contributed by atoms with Gasteiger partial charge in [-0.2, -0.15) is 0 Å². The molecular formula is C14H17ClN2O3. The molecule has 2 rings (SSSR count). The van der Waals surface area contributed by atoms with Gasteiger partial charge in [0.2, 0.25) is 0 Å². The van der Waals surface area contributed by atoms with E-state index in [1.165, 1.54) is 0 Å². The van der Waals surface area contributed by atoms with Crippen molar-refractivity contribution in [1.29, 1.82) is 0 Å². The van der Waals surface area contributed by atoms with Crippen molar-refractivity contribution in [2.45, 2.75) is 31.7 Å². The summed E-state index contributed by atoms with van der Waals surface area (Å²) in [4.78, 5) is 23.1. The smallest absolute Gasteiger partial charge is 0.306 e. The first-order valence-corrected chi connectivity index (χ1v) is 6.93. The Labute approximate surface area is 122 Å². The number of benzene rings is 1. The molecule has 5 nitrogen and oxygen atoms in total. The molecule has 1 aromatic rings. The number of hydrogen-bond acceptors (Lipinski definition) is 3. The second-order valence-corrected chi connectivity index (χ2v) is 5.58. The van der Waals surface area contributed by atoms with Gasteiger partial charge in [-0.25, -0.2) is 0 Å². The zero-order valence-corrected chi connectivity index (χ0v) is 11.7. The molecule has 2 unspecified atom stereocenters. The van der Waals surface area contributed by atoms with Gasteiger partial charge in [0.15, 0.2) is 0 Å². The number of nitrogens with two attached hydrogens (primary N) is 1. The number of carboxylic acids is 1. The van der Waals surface area contributed by atoms with Gasteiger partial charge in [-0.3, -0.25) is 9.59 Å². The van der Waals surface area contributed by atoms with E-state index in [2.05, 4.69) is 5.32 Å². The number of carbonyl (C=O) groups is 2. The molecule has 1 saturated carbocycles. The normalized spacial score (nSPS) is 22.2. The monoisotopic (exact) mass is 296 g/mol. The van der Waals surface area contributed by atoms with Gasteiger partial charge in [-0.1, -0.05) is 18.0 Å². The van der Waals surface area contributed by atoms with Crippen LogP contribution in [-0.2, 0) is 4.79 Å². The van der Waals surface area contributed by atoms with Gasteiger partial charge in [0.05, 0.1) is 5.92 Å². The standard InChI is InChI=1S/C14H17ClN2O3/c15-10-4-9(5-11(16)7-10)13(18)17-12-3-1-2-8(6-12)14(19)20/h4-5,7-8,12H,1-3,6,16H2,(H,17,18)(H,19,20). The molecule has 1 amide bonds. The van der Waals surface area contributed by atoms with E-state index in [1.807, 2.05) is 0 Å². The number of halogens is 1. The topological polar surface area (TPSA) is 92.4 Å². The second kappa shape index (κ2) is 6.13. The van der Waals surface area contributed by atoms with Crippen LogP contribution in [0.5, 0.6) is 0 Å². The molecule has 4 N–H and O–H groups in total. The number of carbonyl (C=O) groups excluding carboxylic acids is 1. The van der Waals surface area contributed by atoms with Crippen molar-refractivity contribution in [3.63, 3.8) is 0 Å². The lowest BCUT2D eigenvalue weighted by atomic mass is 9.85. The summed E-state index contributed by atoms with van der Waals surface area (Å²) in [6, 6.07) is 4.56. The fraction of sp³-hybridized carbons (Fsp3) is 0.429. The Morgan fingerprint density at radius 3 is 2.70 bits per heavy atom. The van der Waals surface area contributed by atoms with Crippen molar-refractivity contribution < 1.29 is 14.7 Å². The summed E-state index contributed by atoms with van der Waals surface area (Å²) in [5.74, 6) is -1.44. The highest BCUT2D eigenvalue weighted by Gasteiger charge is 2.28. The lowest BCUT2D eigenvalue weighted by Crippen LogP contribution is -2.39. The summed E-state index contributed by atoms with van der Waals surface area (Å²) >= 11 is 5.86. The average Bonchev–Trinajstić information content (AvgIpc) is 2.37. The maximum Gasteiger partial charge on any atom is 0.306 e.